The molecule has 33 heavy (non-hydrogen) atoms. The number of likely N-dealkylation sites (tertiary alicyclic amines) is 1. The van der Waals surface area contributed by atoms with Gasteiger partial charge in [0.05, 0.1) is 36.0 Å². The molecule has 2 saturated heterocycles. The van der Waals surface area contributed by atoms with Crippen LogP contribution in [0.15, 0.2) is 64.3 Å². The van der Waals surface area contributed by atoms with Gasteiger partial charge in [0.25, 0.3) is 5.56 Å². The first-order chi connectivity index (χ1) is 16.0. The number of fused-ring (bicyclic) bond motifs is 3. The van der Waals surface area contributed by atoms with E-state index in [2.05, 4.69) is 23.8 Å². The second-order valence-corrected chi connectivity index (χ2v) is 9.73. The Bertz CT molecular complexity index is 1280. The van der Waals surface area contributed by atoms with Crippen LogP contribution in [0.1, 0.15) is 17.5 Å². The summed E-state index contributed by atoms with van der Waals surface area (Å²) in [5.74, 6) is -0.510. The van der Waals surface area contributed by atoms with Crippen molar-refractivity contribution in [2.75, 3.05) is 13.2 Å². The lowest BCUT2D eigenvalue weighted by atomic mass is 9.91. The van der Waals surface area contributed by atoms with E-state index < -0.39 is 5.82 Å². The maximum atomic E-state index is 14.3. The number of pyridine rings is 1. The Kier molecular flexibility index (Phi) is 5.12. The molecule has 9 heteroatoms. The third kappa shape index (κ3) is 3.61. The summed E-state index contributed by atoms with van der Waals surface area (Å²) >= 11 is 10.5. The van der Waals surface area contributed by atoms with Crippen molar-refractivity contribution in [3.63, 3.8) is 0 Å². The van der Waals surface area contributed by atoms with Gasteiger partial charge in [0.15, 0.2) is 0 Å². The Morgan fingerprint density at radius 3 is 2.94 bits per heavy atom. The molecule has 1 aromatic heterocycles. The van der Waals surface area contributed by atoms with Gasteiger partial charge in [-0.15, -0.1) is 0 Å². The van der Waals surface area contributed by atoms with Crippen LogP contribution in [0, 0.1) is 11.7 Å². The van der Waals surface area contributed by atoms with Crippen molar-refractivity contribution in [1.82, 2.24) is 13.8 Å². The topological polar surface area (TPSA) is 50.1 Å². The van der Waals surface area contributed by atoms with Crippen molar-refractivity contribution in [3.05, 3.63) is 86.8 Å². The highest BCUT2D eigenvalue weighted by molar-refractivity contribution is 7.77. The molecule has 2 fully saturated rings. The maximum Gasteiger partial charge on any atom is 0.251 e. The van der Waals surface area contributed by atoms with E-state index in [1.54, 1.807) is 28.7 Å². The van der Waals surface area contributed by atoms with Crippen LogP contribution in [0.3, 0.4) is 0 Å². The monoisotopic (exact) mass is 484 g/mol. The molecule has 5 heterocycles. The van der Waals surface area contributed by atoms with Gasteiger partial charge in [-0.05, 0) is 35.8 Å². The fourth-order valence-corrected chi connectivity index (χ4v) is 5.69. The molecule has 4 unspecified atom stereocenters. The predicted molar refractivity (Wildman–Crippen MR) is 129 cm³/mol. The summed E-state index contributed by atoms with van der Waals surface area (Å²) in [6, 6.07) is 8.69. The highest BCUT2D eigenvalue weighted by atomic mass is 35.5. The van der Waals surface area contributed by atoms with Gasteiger partial charge in [-0.3, -0.25) is 9.79 Å². The van der Waals surface area contributed by atoms with Gasteiger partial charge in [0.1, 0.15) is 12.0 Å². The van der Waals surface area contributed by atoms with Gasteiger partial charge in [0, 0.05) is 42.7 Å². The number of allylic oxidation sites excluding steroid dienone is 1. The Morgan fingerprint density at radius 2 is 2.18 bits per heavy atom. The van der Waals surface area contributed by atoms with Crippen LogP contribution in [0.5, 0.6) is 0 Å². The Morgan fingerprint density at radius 1 is 1.30 bits per heavy atom. The van der Waals surface area contributed by atoms with Crippen LogP contribution in [-0.2, 0) is 11.3 Å². The van der Waals surface area contributed by atoms with E-state index in [0.717, 1.165) is 36.4 Å². The lowest BCUT2D eigenvalue weighted by molar-refractivity contribution is 0.0467. The summed E-state index contributed by atoms with van der Waals surface area (Å²) in [7, 11) is 0. The first kappa shape index (κ1) is 21.0. The highest BCUT2D eigenvalue weighted by Crippen LogP contribution is 2.41. The summed E-state index contributed by atoms with van der Waals surface area (Å²) in [6.07, 6.45) is 9.01. The number of ether oxygens (including phenoxy) is 1. The van der Waals surface area contributed by atoms with Crippen molar-refractivity contribution in [1.29, 1.82) is 0 Å². The lowest BCUT2D eigenvalue weighted by Gasteiger charge is -2.33. The number of hydrogen-bond donors (Lipinski definition) is 1. The fourth-order valence-electron chi connectivity index (χ4n) is 5.17. The van der Waals surface area contributed by atoms with Gasteiger partial charge >= 0.3 is 0 Å². The van der Waals surface area contributed by atoms with Gasteiger partial charge in [-0.25, -0.2) is 4.39 Å². The number of dihydropyridines is 1. The second-order valence-electron chi connectivity index (χ2n) is 8.87. The van der Waals surface area contributed by atoms with Gasteiger partial charge in [-0.2, -0.15) is 0 Å². The molecule has 6 rings (SSSR count). The SMILES string of the molecule is O=c1cc(C2=CN(S)C3N=CC(N4CC5CC4CO5)=CC23)ccn1Cc1cccc(Cl)c1F. The summed E-state index contributed by atoms with van der Waals surface area (Å²) in [5, 5.41) is 0.0476. The number of nitrogens with zero attached hydrogens (tertiary/aromatic N) is 4. The molecule has 4 aliphatic heterocycles. The van der Waals surface area contributed by atoms with Crippen LogP contribution < -0.4 is 5.56 Å². The molecular formula is C24H22ClFN4O2S. The number of morpholine rings is 1. The minimum absolute atomic E-state index is 0.0110. The quantitative estimate of drug-likeness (QED) is 0.674. The van der Waals surface area contributed by atoms with E-state index in [1.165, 1.54) is 10.6 Å². The van der Waals surface area contributed by atoms with Crippen LogP contribution in [0.2, 0.25) is 5.02 Å². The number of benzene rings is 1. The van der Waals surface area contributed by atoms with Crippen molar-refractivity contribution < 1.29 is 9.13 Å². The summed E-state index contributed by atoms with van der Waals surface area (Å²) < 4.78 is 23.3. The summed E-state index contributed by atoms with van der Waals surface area (Å²) in [4.78, 5) is 20.0. The van der Waals surface area contributed by atoms with Gasteiger partial charge < -0.3 is 18.5 Å². The Hall–Kier alpha value is -2.55. The number of rotatable bonds is 4. The van der Waals surface area contributed by atoms with E-state index in [0.29, 0.717) is 17.7 Å². The summed E-state index contributed by atoms with van der Waals surface area (Å²) in [6.45, 7) is 1.76. The lowest BCUT2D eigenvalue weighted by Crippen LogP contribution is -2.39. The molecule has 6 nitrogen and oxygen atoms in total. The smallest absolute Gasteiger partial charge is 0.251 e. The van der Waals surface area contributed by atoms with Crippen LogP contribution in [0.4, 0.5) is 4.39 Å². The first-order valence-corrected chi connectivity index (χ1v) is 11.7. The Balaban J connectivity index is 1.28. The zero-order valence-corrected chi connectivity index (χ0v) is 19.3. The number of hydrogen-bond acceptors (Lipinski definition) is 6. The molecule has 0 spiro atoms. The number of aliphatic imine (C=N–C) groups is 1. The molecule has 0 radical (unpaired) electrons. The van der Waals surface area contributed by atoms with Crippen molar-refractivity contribution in [2.24, 2.45) is 10.9 Å². The molecule has 4 atom stereocenters. The molecular weight excluding hydrogens is 463 g/mol. The minimum atomic E-state index is -0.499. The molecule has 4 aliphatic rings. The number of halogens is 2. The molecule has 1 aromatic carbocycles. The average Bonchev–Trinajstić information content (AvgIpc) is 3.53. The van der Waals surface area contributed by atoms with Crippen molar-refractivity contribution >= 4 is 36.2 Å². The molecule has 0 aliphatic carbocycles. The van der Waals surface area contributed by atoms with Crippen molar-refractivity contribution in [2.45, 2.75) is 31.3 Å². The number of thiol groups is 1. The largest absolute Gasteiger partial charge is 0.374 e. The average molecular weight is 485 g/mol. The third-order valence-corrected chi connectivity index (χ3v) is 7.51. The van der Waals surface area contributed by atoms with Crippen molar-refractivity contribution in [3.8, 4) is 0 Å². The van der Waals surface area contributed by atoms with E-state index in [9.17, 15) is 9.18 Å². The van der Waals surface area contributed by atoms with E-state index in [1.807, 2.05) is 18.5 Å². The van der Waals surface area contributed by atoms with Gasteiger partial charge in [0.2, 0.25) is 0 Å². The molecule has 2 aromatic rings. The van der Waals surface area contributed by atoms with E-state index >= 15 is 0 Å². The predicted octanol–water partition coefficient (Wildman–Crippen LogP) is 3.57. The summed E-state index contributed by atoms with van der Waals surface area (Å²) in [5.41, 5.74) is 3.07. The first-order valence-electron chi connectivity index (χ1n) is 10.9. The highest BCUT2D eigenvalue weighted by Gasteiger charge is 2.42. The zero-order chi connectivity index (χ0) is 22.7. The van der Waals surface area contributed by atoms with E-state index in [-0.39, 0.29) is 29.2 Å². The van der Waals surface area contributed by atoms with Crippen LogP contribution in [-0.4, -0.2) is 51.5 Å². The maximum absolute atomic E-state index is 14.3. The normalized spacial score (nSPS) is 27.7. The number of aromatic nitrogens is 1. The van der Waals surface area contributed by atoms with Crippen LogP contribution >= 0.6 is 24.4 Å². The standard InChI is InChI=1S/C24H22ClFN4O2S/c25-21-3-1-2-15(23(21)26)10-28-5-4-14(6-22(28)31)20-12-30(33)24-19(20)8-16(9-27-24)29-11-18-7-17(29)13-32-18/h1-6,8-9,12,17-19,24,33H,7,10-11,13H2. The van der Waals surface area contributed by atoms with Crippen LogP contribution in [0.25, 0.3) is 5.57 Å². The van der Waals surface area contributed by atoms with E-state index in [4.69, 9.17) is 21.3 Å². The molecule has 0 saturated carbocycles. The molecule has 170 valence electrons. The fraction of sp³-hybridized carbons (Fsp3) is 0.333. The Labute approximate surface area is 201 Å². The second kappa shape index (κ2) is 8.04. The van der Waals surface area contributed by atoms with Gasteiger partial charge in [-0.1, -0.05) is 36.5 Å². The third-order valence-electron chi connectivity index (χ3n) is 6.87. The molecule has 2 bridgehead atoms. The zero-order valence-electron chi connectivity index (χ0n) is 17.6. The molecule has 0 N–H and O–H groups in total. The molecule has 0 amide bonds. The minimum Gasteiger partial charge on any atom is -0.374 e.